The molecule has 3 heteroatoms. The van der Waals surface area contributed by atoms with Gasteiger partial charge in [0.1, 0.15) is 0 Å². The Labute approximate surface area is 87.2 Å². The zero-order chi connectivity index (χ0) is 9.97. The molecule has 14 heavy (non-hydrogen) atoms. The van der Waals surface area contributed by atoms with Gasteiger partial charge in [-0.25, -0.2) is 0 Å². The number of nitrogens with one attached hydrogen (secondary N) is 1. The summed E-state index contributed by atoms with van der Waals surface area (Å²) in [7, 11) is 1.91. The molecular formula is C11H11NOS. The molecule has 2 N–H and O–H groups in total. The van der Waals surface area contributed by atoms with Gasteiger partial charge in [-0.2, -0.15) is 0 Å². The molecule has 0 aromatic heterocycles. The minimum atomic E-state index is 0.777. The molecule has 2 nitrogen and oxygen atoms in total. The molecule has 0 atom stereocenters. The summed E-state index contributed by atoms with van der Waals surface area (Å²) in [6.45, 7) is 0. The number of hydrogen-bond acceptors (Lipinski definition) is 3. The van der Waals surface area contributed by atoms with Gasteiger partial charge in [-0.3, -0.25) is 0 Å². The van der Waals surface area contributed by atoms with E-state index in [1.54, 1.807) is 0 Å². The van der Waals surface area contributed by atoms with E-state index in [1.165, 1.54) is 5.39 Å². The monoisotopic (exact) mass is 205 g/mol. The van der Waals surface area contributed by atoms with Crippen molar-refractivity contribution >= 4 is 28.5 Å². The highest BCUT2D eigenvalue weighted by Gasteiger charge is 1.99. The van der Waals surface area contributed by atoms with Crippen molar-refractivity contribution in [1.29, 1.82) is 0 Å². The smallest absolute Gasteiger partial charge is 0.0417 e. The third kappa shape index (κ3) is 1.56. The summed E-state index contributed by atoms with van der Waals surface area (Å²) in [6.07, 6.45) is 0. The summed E-state index contributed by atoms with van der Waals surface area (Å²) in [5, 5.41) is 5.45. The Morgan fingerprint density at radius 1 is 1.21 bits per heavy atom. The van der Waals surface area contributed by atoms with Gasteiger partial charge in [0, 0.05) is 35.1 Å². The van der Waals surface area contributed by atoms with Crippen molar-refractivity contribution < 1.29 is 4.55 Å². The van der Waals surface area contributed by atoms with E-state index in [-0.39, 0.29) is 0 Å². The molecule has 0 aliphatic carbocycles. The molecule has 0 bridgehead atoms. The van der Waals surface area contributed by atoms with Gasteiger partial charge in [0.25, 0.3) is 0 Å². The van der Waals surface area contributed by atoms with Crippen molar-refractivity contribution in [2.45, 2.75) is 4.90 Å². The van der Waals surface area contributed by atoms with E-state index in [9.17, 15) is 0 Å². The molecule has 2 rings (SSSR count). The molecule has 0 saturated heterocycles. The largest absolute Gasteiger partial charge is 0.388 e. The molecule has 0 heterocycles. The Morgan fingerprint density at radius 2 is 2.07 bits per heavy atom. The van der Waals surface area contributed by atoms with Gasteiger partial charge >= 0.3 is 0 Å². The Kier molecular flexibility index (Phi) is 2.61. The van der Waals surface area contributed by atoms with E-state index >= 15 is 0 Å². The predicted molar refractivity (Wildman–Crippen MR) is 62.0 cm³/mol. The van der Waals surface area contributed by atoms with E-state index in [2.05, 4.69) is 5.32 Å². The van der Waals surface area contributed by atoms with Crippen LogP contribution in [0, 0.1) is 0 Å². The van der Waals surface area contributed by atoms with Crippen LogP contribution in [0.15, 0.2) is 41.3 Å². The average Bonchev–Trinajstić information content (AvgIpc) is 2.27. The molecule has 0 unspecified atom stereocenters. The van der Waals surface area contributed by atoms with Crippen molar-refractivity contribution in [1.82, 2.24) is 0 Å². The maximum absolute atomic E-state index is 8.92. The lowest BCUT2D eigenvalue weighted by molar-refractivity contribution is 0.664. The molecule has 0 aliphatic heterocycles. The van der Waals surface area contributed by atoms with Crippen LogP contribution in [-0.2, 0) is 0 Å². The van der Waals surface area contributed by atoms with Crippen LogP contribution in [0.2, 0.25) is 0 Å². The van der Waals surface area contributed by atoms with E-state index in [4.69, 9.17) is 4.55 Å². The zero-order valence-corrected chi connectivity index (χ0v) is 8.64. The van der Waals surface area contributed by atoms with Crippen molar-refractivity contribution in [3.05, 3.63) is 36.4 Å². The first-order valence-corrected chi connectivity index (χ1v) is 5.14. The van der Waals surface area contributed by atoms with Crippen LogP contribution >= 0.6 is 12.0 Å². The van der Waals surface area contributed by atoms with Crippen LogP contribution in [0.25, 0.3) is 10.8 Å². The fourth-order valence-electron chi connectivity index (χ4n) is 1.54. The van der Waals surface area contributed by atoms with Crippen LogP contribution in [0.4, 0.5) is 5.69 Å². The van der Waals surface area contributed by atoms with E-state index in [0.717, 1.165) is 28.0 Å². The molecule has 72 valence electrons. The number of anilines is 1. The van der Waals surface area contributed by atoms with Crippen LogP contribution < -0.4 is 5.32 Å². The van der Waals surface area contributed by atoms with Gasteiger partial charge in [0.05, 0.1) is 0 Å². The predicted octanol–water partition coefficient (Wildman–Crippen LogP) is 3.45. The Hall–Kier alpha value is -1.19. The lowest BCUT2D eigenvalue weighted by Gasteiger charge is -2.06. The van der Waals surface area contributed by atoms with Gasteiger partial charge in [-0.05, 0) is 23.6 Å². The number of hydrogen-bond donors (Lipinski definition) is 2. The normalized spacial score (nSPS) is 10.4. The minimum absolute atomic E-state index is 0.777. The maximum atomic E-state index is 8.92. The molecule has 0 fully saturated rings. The van der Waals surface area contributed by atoms with Crippen molar-refractivity contribution in [3.63, 3.8) is 0 Å². The van der Waals surface area contributed by atoms with E-state index in [1.807, 2.05) is 43.4 Å². The number of rotatable bonds is 2. The summed E-state index contributed by atoms with van der Waals surface area (Å²) >= 11 is 0.777. The summed E-state index contributed by atoms with van der Waals surface area (Å²) in [5.74, 6) is 0. The minimum Gasteiger partial charge on any atom is -0.388 e. The molecule has 0 amide bonds. The van der Waals surface area contributed by atoms with Gasteiger partial charge in [-0.15, -0.1) is 0 Å². The van der Waals surface area contributed by atoms with Crippen molar-refractivity contribution in [3.8, 4) is 0 Å². The summed E-state index contributed by atoms with van der Waals surface area (Å²) in [5.41, 5.74) is 1.11. The lowest BCUT2D eigenvalue weighted by Crippen LogP contribution is -1.88. The molecule has 2 aromatic rings. The SMILES string of the molecule is CNc1cccc2cc(SO)ccc12. The first-order valence-electron chi connectivity index (χ1n) is 4.37. The van der Waals surface area contributed by atoms with Crippen LogP contribution in [0.3, 0.4) is 0 Å². The highest BCUT2D eigenvalue weighted by Crippen LogP contribution is 2.26. The van der Waals surface area contributed by atoms with Gasteiger partial charge in [0.2, 0.25) is 0 Å². The first kappa shape index (κ1) is 9.37. The standard InChI is InChI=1S/C11H11NOS/c1-12-11-4-2-3-8-7-9(14-13)5-6-10(8)11/h2-7,12-13H,1H3. The Morgan fingerprint density at radius 3 is 2.79 bits per heavy atom. The first-order chi connectivity index (χ1) is 6.85. The topological polar surface area (TPSA) is 32.3 Å². The lowest BCUT2D eigenvalue weighted by atomic mass is 10.1. The van der Waals surface area contributed by atoms with Gasteiger partial charge in [0.15, 0.2) is 0 Å². The molecule has 0 spiro atoms. The summed E-state index contributed by atoms with van der Waals surface area (Å²) in [6, 6.07) is 12.0. The quantitative estimate of drug-likeness (QED) is 0.736. The van der Waals surface area contributed by atoms with E-state index in [0.29, 0.717) is 0 Å². The third-order valence-electron chi connectivity index (χ3n) is 2.23. The fourth-order valence-corrected chi connectivity index (χ4v) is 1.85. The highest BCUT2D eigenvalue weighted by molar-refractivity contribution is 7.93. The Bertz CT molecular complexity index is 456. The second-order valence-electron chi connectivity index (χ2n) is 3.03. The van der Waals surface area contributed by atoms with Crippen LogP contribution in [0.1, 0.15) is 0 Å². The van der Waals surface area contributed by atoms with Crippen LogP contribution in [0.5, 0.6) is 0 Å². The van der Waals surface area contributed by atoms with Gasteiger partial charge < -0.3 is 9.87 Å². The van der Waals surface area contributed by atoms with Gasteiger partial charge in [-0.1, -0.05) is 18.2 Å². The second kappa shape index (κ2) is 3.90. The number of fused-ring (bicyclic) bond motifs is 1. The maximum Gasteiger partial charge on any atom is 0.0417 e. The molecule has 0 saturated carbocycles. The molecule has 0 radical (unpaired) electrons. The molecule has 2 aromatic carbocycles. The van der Waals surface area contributed by atoms with Crippen LogP contribution in [-0.4, -0.2) is 11.6 Å². The molecular weight excluding hydrogens is 194 g/mol. The fraction of sp³-hybridized carbons (Fsp3) is 0.0909. The average molecular weight is 205 g/mol. The number of benzene rings is 2. The zero-order valence-electron chi connectivity index (χ0n) is 7.82. The second-order valence-corrected chi connectivity index (χ2v) is 3.68. The summed E-state index contributed by atoms with van der Waals surface area (Å²) in [4.78, 5) is 0.866. The summed E-state index contributed by atoms with van der Waals surface area (Å²) < 4.78 is 8.92. The molecule has 0 aliphatic rings. The third-order valence-corrected chi connectivity index (χ3v) is 2.69. The highest BCUT2D eigenvalue weighted by atomic mass is 32.2. The van der Waals surface area contributed by atoms with E-state index < -0.39 is 0 Å². The Balaban J connectivity index is 2.67. The van der Waals surface area contributed by atoms with Crippen molar-refractivity contribution in [2.24, 2.45) is 0 Å². The van der Waals surface area contributed by atoms with Crippen molar-refractivity contribution in [2.75, 3.05) is 12.4 Å².